The number of carbonyl (C=O) groups is 1. The molecule has 1 fully saturated rings. The van der Waals surface area contributed by atoms with Crippen LogP contribution in [0.15, 0.2) is 66.7 Å². The zero-order valence-corrected chi connectivity index (χ0v) is 20.6. The molecule has 7 heteroatoms. The van der Waals surface area contributed by atoms with Gasteiger partial charge in [-0.05, 0) is 48.9 Å². The van der Waals surface area contributed by atoms with Crippen LogP contribution in [0.1, 0.15) is 18.1 Å². The molecule has 0 bridgehead atoms. The Balaban J connectivity index is 1.48. The number of carbonyl (C=O) groups excluding carboxylic acids is 1. The van der Waals surface area contributed by atoms with E-state index in [9.17, 15) is 4.79 Å². The Labute approximate surface area is 210 Å². The molecule has 34 heavy (non-hydrogen) atoms. The van der Waals surface area contributed by atoms with E-state index < -0.39 is 5.54 Å². The largest absolute Gasteiger partial charge is 0.492 e. The van der Waals surface area contributed by atoms with Crippen molar-refractivity contribution in [2.45, 2.75) is 18.9 Å². The number of piperazine rings is 1. The maximum absolute atomic E-state index is 13.7. The number of halogens is 2. The van der Waals surface area contributed by atoms with Crippen LogP contribution >= 0.6 is 23.2 Å². The highest BCUT2D eigenvalue weighted by atomic mass is 35.5. The highest BCUT2D eigenvalue weighted by molar-refractivity contribution is 6.31. The zero-order chi connectivity index (χ0) is 23.7. The van der Waals surface area contributed by atoms with E-state index in [-0.39, 0.29) is 5.91 Å². The molecule has 2 aliphatic heterocycles. The average molecular weight is 496 g/mol. The molecule has 1 amide bonds. The summed E-state index contributed by atoms with van der Waals surface area (Å²) in [7, 11) is 0. The molecule has 1 saturated heterocycles. The van der Waals surface area contributed by atoms with E-state index in [0.29, 0.717) is 23.1 Å². The molecule has 1 unspecified atom stereocenters. The van der Waals surface area contributed by atoms with Crippen molar-refractivity contribution in [3.05, 3.63) is 87.9 Å². The summed E-state index contributed by atoms with van der Waals surface area (Å²) in [6.45, 7) is 5.66. The molecule has 3 aromatic rings. The fourth-order valence-corrected chi connectivity index (χ4v) is 5.58. The van der Waals surface area contributed by atoms with Gasteiger partial charge in [-0.15, -0.1) is 0 Å². The third-order valence-electron chi connectivity index (χ3n) is 6.73. The quantitative estimate of drug-likeness (QED) is 0.482. The Bertz CT molecular complexity index is 1210. The van der Waals surface area contributed by atoms with Crippen LogP contribution in [-0.4, -0.2) is 43.6 Å². The molecule has 0 aromatic heterocycles. The molecular weight excluding hydrogens is 469 g/mol. The van der Waals surface area contributed by atoms with Crippen LogP contribution in [0.4, 0.5) is 11.4 Å². The first kappa shape index (κ1) is 23.0. The van der Waals surface area contributed by atoms with Crippen molar-refractivity contribution in [1.82, 2.24) is 4.90 Å². The van der Waals surface area contributed by atoms with E-state index in [1.54, 1.807) is 0 Å². The van der Waals surface area contributed by atoms with Gasteiger partial charge >= 0.3 is 0 Å². The van der Waals surface area contributed by atoms with Gasteiger partial charge in [0.25, 0.3) is 0 Å². The first-order valence-electron chi connectivity index (χ1n) is 11.6. The lowest BCUT2D eigenvalue weighted by molar-refractivity contribution is -0.128. The lowest BCUT2D eigenvalue weighted by Gasteiger charge is -2.45. The molecule has 0 spiro atoms. The molecule has 2 heterocycles. The van der Waals surface area contributed by atoms with Gasteiger partial charge in [-0.3, -0.25) is 9.69 Å². The summed E-state index contributed by atoms with van der Waals surface area (Å²) in [4.78, 5) is 18.3. The molecule has 3 aromatic carbocycles. The van der Waals surface area contributed by atoms with Crippen LogP contribution in [0.2, 0.25) is 10.0 Å². The van der Waals surface area contributed by atoms with Crippen molar-refractivity contribution >= 4 is 40.5 Å². The van der Waals surface area contributed by atoms with Gasteiger partial charge in [0.15, 0.2) is 0 Å². The molecule has 5 nitrogen and oxygen atoms in total. The van der Waals surface area contributed by atoms with Crippen molar-refractivity contribution in [1.29, 1.82) is 0 Å². The number of ether oxygens (including phenoxy) is 1. The second kappa shape index (κ2) is 9.49. The highest BCUT2D eigenvalue weighted by Gasteiger charge is 2.51. The van der Waals surface area contributed by atoms with Gasteiger partial charge in [0.05, 0.1) is 12.3 Å². The van der Waals surface area contributed by atoms with E-state index >= 15 is 0 Å². The topological polar surface area (TPSA) is 44.8 Å². The second-order valence-electron chi connectivity index (χ2n) is 8.69. The predicted octanol–water partition coefficient (Wildman–Crippen LogP) is 5.60. The number of para-hydroxylation sites is 2. The third kappa shape index (κ3) is 4.13. The minimum atomic E-state index is -0.823. The first-order valence-corrected chi connectivity index (χ1v) is 12.3. The standard InChI is InChI=1S/C27H27Cl2N3O2/c1-2-34-25-9-4-3-8-24(25)31-12-14-32(15-13-31)27(18-19-6-5-7-20(28)16-19)22-11-10-21(29)17-23(22)30-26(27)33/h3-11,16-17H,2,12-15,18H2,1H3,(H,30,33). The molecule has 0 radical (unpaired) electrons. The van der Waals surface area contributed by atoms with Gasteiger partial charge < -0.3 is 15.0 Å². The van der Waals surface area contributed by atoms with E-state index in [1.807, 2.05) is 67.6 Å². The Kier molecular flexibility index (Phi) is 6.43. The van der Waals surface area contributed by atoms with Gasteiger partial charge in [-0.1, -0.05) is 53.5 Å². The molecule has 1 atom stereocenters. The molecule has 2 aliphatic rings. The minimum Gasteiger partial charge on any atom is -0.492 e. The van der Waals surface area contributed by atoms with Crippen molar-refractivity contribution in [3.8, 4) is 5.75 Å². The van der Waals surface area contributed by atoms with E-state index in [2.05, 4.69) is 21.2 Å². The summed E-state index contributed by atoms with van der Waals surface area (Å²) >= 11 is 12.6. The minimum absolute atomic E-state index is 0.0205. The lowest BCUT2D eigenvalue weighted by atomic mass is 9.82. The van der Waals surface area contributed by atoms with Gasteiger partial charge in [0, 0.05) is 53.9 Å². The van der Waals surface area contributed by atoms with Crippen LogP contribution in [0, 0.1) is 0 Å². The fourth-order valence-electron chi connectivity index (χ4n) is 5.20. The van der Waals surface area contributed by atoms with Crippen LogP contribution in [0.25, 0.3) is 0 Å². The summed E-state index contributed by atoms with van der Waals surface area (Å²) in [5, 5.41) is 4.37. The number of fused-ring (bicyclic) bond motifs is 1. The maximum Gasteiger partial charge on any atom is 0.249 e. The van der Waals surface area contributed by atoms with Gasteiger partial charge in [0.1, 0.15) is 11.3 Å². The Morgan fingerprint density at radius 3 is 2.47 bits per heavy atom. The smallest absolute Gasteiger partial charge is 0.249 e. The molecule has 176 valence electrons. The molecular formula is C27H27Cl2N3O2. The molecule has 0 aliphatic carbocycles. The Morgan fingerprint density at radius 1 is 0.941 bits per heavy atom. The Hall–Kier alpha value is -2.73. The summed E-state index contributed by atoms with van der Waals surface area (Å²) in [6, 6.07) is 21.6. The number of amides is 1. The van der Waals surface area contributed by atoms with Crippen molar-refractivity contribution < 1.29 is 9.53 Å². The van der Waals surface area contributed by atoms with Crippen LogP contribution in [0.5, 0.6) is 5.75 Å². The summed E-state index contributed by atoms with van der Waals surface area (Å²) < 4.78 is 5.86. The number of hydrogen-bond acceptors (Lipinski definition) is 4. The van der Waals surface area contributed by atoms with Gasteiger partial charge in [-0.2, -0.15) is 0 Å². The van der Waals surface area contributed by atoms with Crippen molar-refractivity contribution in [2.75, 3.05) is 43.0 Å². The lowest BCUT2D eigenvalue weighted by Crippen LogP contribution is -2.59. The Morgan fingerprint density at radius 2 is 1.71 bits per heavy atom. The summed E-state index contributed by atoms with van der Waals surface area (Å²) in [5.74, 6) is 0.874. The van der Waals surface area contributed by atoms with Crippen LogP contribution < -0.4 is 15.0 Å². The number of nitrogens with zero attached hydrogens (tertiary/aromatic N) is 2. The van der Waals surface area contributed by atoms with Crippen molar-refractivity contribution in [2.24, 2.45) is 0 Å². The molecule has 5 rings (SSSR count). The number of nitrogens with one attached hydrogen (secondary N) is 1. The fraction of sp³-hybridized carbons (Fsp3) is 0.296. The normalized spacial score (nSPS) is 20.2. The molecule has 1 N–H and O–H groups in total. The van der Waals surface area contributed by atoms with E-state index in [1.165, 1.54) is 0 Å². The van der Waals surface area contributed by atoms with Gasteiger partial charge in [0.2, 0.25) is 5.91 Å². The second-order valence-corrected chi connectivity index (χ2v) is 9.56. The number of benzene rings is 3. The van der Waals surface area contributed by atoms with E-state index in [4.69, 9.17) is 27.9 Å². The molecule has 0 saturated carbocycles. The number of hydrogen-bond donors (Lipinski definition) is 1. The first-order chi connectivity index (χ1) is 16.5. The summed E-state index contributed by atoms with van der Waals surface area (Å²) in [5.41, 5.74) is 3.04. The van der Waals surface area contributed by atoms with Crippen molar-refractivity contribution in [3.63, 3.8) is 0 Å². The van der Waals surface area contributed by atoms with Crippen LogP contribution in [0.3, 0.4) is 0 Å². The van der Waals surface area contributed by atoms with Gasteiger partial charge in [-0.25, -0.2) is 0 Å². The average Bonchev–Trinajstić information content (AvgIpc) is 3.10. The predicted molar refractivity (Wildman–Crippen MR) is 138 cm³/mol. The van der Waals surface area contributed by atoms with Crippen LogP contribution in [-0.2, 0) is 16.8 Å². The highest BCUT2D eigenvalue weighted by Crippen LogP contribution is 2.45. The SMILES string of the molecule is CCOc1ccccc1N1CCN(C2(Cc3cccc(Cl)c3)C(=O)Nc3cc(Cl)ccc32)CC1. The maximum atomic E-state index is 13.7. The number of anilines is 2. The zero-order valence-electron chi connectivity index (χ0n) is 19.1. The van der Waals surface area contributed by atoms with E-state index in [0.717, 1.165) is 54.4 Å². The summed E-state index contributed by atoms with van der Waals surface area (Å²) in [6.07, 6.45) is 0.531. The number of rotatable bonds is 6. The third-order valence-corrected chi connectivity index (χ3v) is 7.20. The monoisotopic (exact) mass is 495 g/mol.